The second kappa shape index (κ2) is 9.30. The van der Waals surface area contributed by atoms with E-state index in [9.17, 15) is 31.1 Å². The first-order valence-electron chi connectivity index (χ1n) is 9.54. The second-order valence-corrected chi connectivity index (χ2v) is 7.39. The van der Waals surface area contributed by atoms with Crippen LogP contribution < -0.4 is 5.32 Å². The molecule has 0 aliphatic rings. The number of alkyl halides is 6. The summed E-state index contributed by atoms with van der Waals surface area (Å²) < 4.78 is 84.4. The number of amides is 1. The van der Waals surface area contributed by atoms with Crippen molar-refractivity contribution in [2.45, 2.75) is 51.2 Å². The molecular formula is C22H23F6NO2. The van der Waals surface area contributed by atoms with Gasteiger partial charge in [-0.15, -0.1) is 0 Å². The number of ether oxygens (including phenoxy) is 1. The summed E-state index contributed by atoms with van der Waals surface area (Å²) in [6, 6.07) is 10.1. The van der Waals surface area contributed by atoms with E-state index in [1.165, 1.54) is 6.92 Å². The first kappa shape index (κ1) is 24.7. The van der Waals surface area contributed by atoms with Crippen molar-refractivity contribution in [3.05, 3.63) is 70.8 Å². The predicted molar refractivity (Wildman–Crippen MR) is 103 cm³/mol. The summed E-state index contributed by atoms with van der Waals surface area (Å²) in [4.78, 5) is 12.0. The Kier molecular flexibility index (Phi) is 7.41. The number of carbonyl (C=O) groups excluding carboxylic acids is 1. The summed E-state index contributed by atoms with van der Waals surface area (Å²) in [6.45, 7) is 4.53. The van der Waals surface area contributed by atoms with Crippen molar-refractivity contribution in [1.29, 1.82) is 0 Å². The molecule has 0 aliphatic carbocycles. The molecule has 0 saturated heterocycles. The van der Waals surface area contributed by atoms with Gasteiger partial charge in [0.25, 0.3) is 0 Å². The molecule has 31 heavy (non-hydrogen) atoms. The molecule has 1 amide bonds. The zero-order valence-corrected chi connectivity index (χ0v) is 17.2. The average Bonchev–Trinajstić information content (AvgIpc) is 2.71. The van der Waals surface area contributed by atoms with Crippen LogP contribution in [0.15, 0.2) is 48.5 Å². The van der Waals surface area contributed by atoms with Gasteiger partial charge in [0, 0.05) is 6.42 Å². The van der Waals surface area contributed by atoms with Gasteiger partial charge in [0.2, 0.25) is 5.91 Å². The van der Waals surface area contributed by atoms with Crippen LogP contribution in [0.1, 0.15) is 55.5 Å². The summed E-state index contributed by atoms with van der Waals surface area (Å²) in [7, 11) is 0. The molecule has 2 aromatic carbocycles. The van der Waals surface area contributed by atoms with Crippen molar-refractivity contribution >= 4 is 5.91 Å². The fraction of sp³-hybridized carbons (Fsp3) is 0.409. The lowest BCUT2D eigenvalue weighted by molar-refractivity contribution is -0.143. The van der Waals surface area contributed by atoms with Gasteiger partial charge in [0.15, 0.2) is 0 Å². The second-order valence-electron chi connectivity index (χ2n) is 7.39. The van der Waals surface area contributed by atoms with Gasteiger partial charge >= 0.3 is 12.4 Å². The molecule has 0 fully saturated rings. The van der Waals surface area contributed by atoms with Crippen LogP contribution in [-0.4, -0.2) is 12.5 Å². The summed E-state index contributed by atoms with van der Waals surface area (Å²) in [5.41, 5.74) is -3.42. The van der Waals surface area contributed by atoms with Crippen molar-refractivity contribution in [1.82, 2.24) is 5.32 Å². The number of nitrogens with one attached hydrogen (secondary N) is 1. The Bertz CT molecular complexity index is 863. The zero-order valence-electron chi connectivity index (χ0n) is 17.2. The first-order valence-corrected chi connectivity index (χ1v) is 9.54. The lowest BCUT2D eigenvalue weighted by atomic mass is 9.92. The highest BCUT2D eigenvalue weighted by molar-refractivity contribution is 5.76. The molecule has 0 aromatic heterocycles. The Morgan fingerprint density at radius 3 is 1.90 bits per heavy atom. The maximum atomic E-state index is 13.1. The third-order valence-corrected chi connectivity index (χ3v) is 4.85. The minimum absolute atomic E-state index is 0.0752. The van der Waals surface area contributed by atoms with E-state index < -0.39 is 35.1 Å². The monoisotopic (exact) mass is 447 g/mol. The molecule has 0 spiro atoms. The molecule has 9 heteroatoms. The Morgan fingerprint density at radius 1 is 0.935 bits per heavy atom. The van der Waals surface area contributed by atoms with Crippen molar-refractivity contribution in [3.8, 4) is 0 Å². The van der Waals surface area contributed by atoms with E-state index in [2.05, 4.69) is 5.32 Å². The lowest BCUT2D eigenvalue weighted by Gasteiger charge is -2.32. The molecule has 2 rings (SSSR count). The Hall–Kier alpha value is -2.55. The standard InChI is InChI=1S/C22H23F6NO2/c1-4-19(30)29-20(3,16-8-6-5-7-9-16)13-31-14(2)15-10-17(21(23,24)25)12-18(11-15)22(26,27)28/h5-12,14H,4,13H2,1-3H3,(H,29,30)/t14-,20-/m1/s1. The van der Waals surface area contributed by atoms with Crippen molar-refractivity contribution in [3.63, 3.8) is 0 Å². The molecule has 0 aliphatic heterocycles. The van der Waals surface area contributed by atoms with Crippen LogP contribution in [0, 0.1) is 0 Å². The quantitative estimate of drug-likeness (QED) is 0.510. The first-order chi connectivity index (χ1) is 14.3. The number of hydrogen-bond acceptors (Lipinski definition) is 2. The minimum atomic E-state index is -4.94. The molecule has 0 heterocycles. The summed E-state index contributed by atoms with van der Waals surface area (Å²) in [5, 5.41) is 2.81. The van der Waals surface area contributed by atoms with Crippen LogP contribution in [0.5, 0.6) is 0 Å². The number of halogens is 6. The van der Waals surface area contributed by atoms with E-state index >= 15 is 0 Å². The fourth-order valence-electron chi connectivity index (χ4n) is 3.00. The molecule has 170 valence electrons. The van der Waals surface area contributed by atoms with Gasteiger partial charge in [-0.25, -0.2) is 0 Å². The molecule has 0 radical (unpaired) electrons. The highest BCUT2D eigenvalue weighted by atomic mass is 19.4. The van der Waals surface area contributed by atoms with E-state index in [1.807, 2.05) is 0 Å². The van der Waals surface area contributed by atoms with Crippen LogP contribution >= 0.6 is 0 Å². The molecule has 0 unspecified atom stereocenters. The summed E-state index contributed by atoms with van der Waals surface area (Å²) in [6.07, 6.45) is -10.8. The maximum Gasteiger partial charge on any atom is 0.416 e. The number of hydrogen-bond donors (Lipinski definition) is 1. The van der Waals surface area contributed by atoms with E-state index in [1.54, 1.807) is 44.2 Å². The highest BCUT2D eigenvalue weighted by Crippen LogP contribution is 2.38. The largest absolute Gasteiger partial charge is 0.416 e. The highest BCUT2D eigenvalue weighted by Gasteiger charge is 2.37. The predicted octanol–water partition coefficient (Wildman–Crippen LogP) is 6.24. The van der Waals surface area contributed by atoms with Crippen molar-refractivity contribution in [2.75, 3.05) is 6.61 Å². The van der Waals surface area contributed by atoms with E-state index in [4.69, 9.17) is 4.74 Å². The SMILES string of the molecule is CCC(=O)N[C@](C)(CO[C@H](C)c1cc(C(F)(F)F)cc(C(F)(F)F)c1)c1ccccc1. The Balaban J connectivity index is 2.34. The normalized spacial score (nSPS) is 15.3. The van der Waals surface area contributed by atoms with Gasteiger partial charge in [-0.05, 0) is 43.2 Å². The maximum absolute atomic E-state index is 13.1. The van der Waals surface area contributed by atoms with Gasteiger partial charge in [0.1, 0.15) is 0 Å². The molecule has 0 saturated carbocycles. The number of benzene rings is 2. The zero-order chi connectivity index (χ0) is 23.4. The van der Waals surface area contributed by atoms with Crippen LogP contribution in [0.3, 0.4) is 0 Å². The van der Waals surface area contributed by atoms with Crippen LogP contribution in [0.2, 0.25) is 0 Å². The summed E-state index contributed by atoms with van der Waals surface area (Å²) >= 11 is 0. The fourth-order valence-corrected chi connectivity index (χ4v) is 3.00. The molecule has 0 bridgehead atoms. The topological polar surface area (TPSA) is 38.3 Å². The van der Waals surface area contributed by atoms with Crippen LogP contribution in [0.25, 0.3) is 0 Å². The average molecular weight is 447 g/mol. The third kappa shape index (κ3) is 6.46. The Labute approximate surface area is 176 Å². The molecule has 3 nitrogen and oxygen atoms in total. The molecule has 2 atom stereocenters. The smallest absolute Gasteiger partial charge is 0.371 e. The van der Waals surface area contributed by atoms with Gasteiger partial charge in [-0.3, -0.25) is 4.79 Å². The van der Waals surface area contributed by atoms with E-state index in [0.717, 1.165) is 0 Å². The van der Waals surface area contributed by atoms with Gasteiger partial charge in [-0.1, -0.05) is 37.3 Å². The number of carbonyl (C=O) groups is 1. The van der Waals surface area contributed by atoms with E-state index in [0.29, 0.717) is 17.7 Å². The summed E-state index contributed by atoms with van der Waals surface area (Å²) in [5.74, 6) is -0.277. The van der Waals surface area contributed by atoms with Crippen LogP contribution in [-0.2, 0) is 27.4 Å². The van der Waals surface area contributed by atoms with Gasteiger partial charge < -0.3 is 10.1 Å². The van der Waals surface area contributed by atoms with E-state index in [-0.39, 0.29) is 30.6 Å². The van der Waals surface area contributed by atoms with Gasteiger partial charge in [-0.2, -0.15) is 26.3 Å². The minimum Gasteiger partial charge on any atom is -0.371 e. The molecule has 1 N–H and O–H groups in total. The molecule has 2 aromatic rings. The Morgan fingerprint density at radius 2 is 1.45 bits per heavy atom. The van der Waals surface area contributed by atoms with Gasteiger partial charge in [0.05, 0.1) is 29.4 Å². The van der Waals surface area contributed by atoms with Crippen molar-refractivity contribution < 1.29 is 35.9 Å². The van der Waals surface area contributed by atoms with Crippen molar-refractivity contribution in [2.24, 2.45) is 0 Å². The lowest BCUT2D eigenvalue weighted by Crippen LogP contribution is -2.47. The van der Waals surface area contributed by atoms with Crippen LogP contribution in [0.4, 0.5) is 26.3 Å². The number of rotatable bonds is 7. The third-order valence-electron chi connectivity index (χ3n) is 4.85. The molecular weight excluding hydrogens is 424 g/mol.